The van der Waals surface area contributed by atoms with E-state index in [9.17, 15) is 4.79 Å². The molecule has 1 aliphatic heterocycles. The third-order valence-corrected chi connectivity index (χ3v) is 7.21. The molecule has 146 valence electrons. The molecular formula is C21H27Cl2N3O. The van der Waals surface area contributed by atoms with Crippen LogP contribution in [0, 0.1) is 11.8 Å². The third-order valence-electron chi connectivity index (χ3n) is 6.77. The summed E-state index contributed by atoms with van der Waals surface area (Å²) in [7, 11) is 1.88. The Balaban J connectivity index is 1.34. The number of nitrogens with zero attached hydrogens (tertiary/aromatic N) is 2. The number of hydrogen-bond donors (Lipinski definition) is 1. The van der Waals surface area contributed by atoms with Crippen LogP contribution in [-0.2, 0) is 5.41 Å². The predicted molar refractivity (Wildman–Crippen MR) is 111 cm³/mol. The van der Waals surface area contributed by atoms with E-state index in [2.05, 4.69) is 22.4 Å². The lowest BCUT2D eigenvalue weighted by atomic mass is 9.78. The summed E-state index contributed by atoms with van der Waals surface area (Å²) in [6.45, 7) is 1.96. The smallest absolute Gasteiger partial charge is 0.323 e. The molecule has 1 aromatic rings. The Morgan fingerprint density at radius 2 is 1.93 bits per heavy atom. The molecule has 3 atom stereocenters. The molecule has 0 radical (unpaired) electrons. The summed E-state index contributed by atoms with van der Waals surface area (Å²) in [5, 5.41) is 4.76. The van der Waals surface area contributed by atoms with Gasteiger partial charge in [-0.3, -0.25) is 0 Å². The van der Waals surface area contributed by atoms with Gasteiger partial charge in [-0.2, -0.15) is 0 Å². The minimum absolute atomic E-state index is 0.101. The van der Waals surface area contributed by atoms with Crippen molar-refractivity contribution in [1.82, 2.24) is 10.2 Å². The number of halogens is 2. The second kappa shape index (κ2) is 7.73. The van der Waals surface area contributed by atoms with Crippen LogP contribution in [0.15, 0.2) is 23.2 Å². The van der Waals surface area contributed by atoms with Gasteiger partial charge in [0.1, 0.15) is 0 Å². The van der Waals surface area contributed by atoms with E-state index in [-0.39, 0.29) is 11.4 Å². The minimum atomic E-state index is -0.101. The lowest BCUT2D eigenvalue weighted by Gasteiger charge is -2.30. The number of benzene rings is 1. The second-order valence-electron chi connectivity index (χ2n) is 8.40. The number of piperidine rings is 1. The highest BCUT2D eigenvalue weighted by Crippen LogP contribution is 2.63. The molecule has 3 aliphatic rings. The average Bonchev–Trinajstić information content (AvgIpc) is 3.40. The van der Waals surface area contributed by atoms with Crippen molar-refractivity contribution in [3.8, 4) is 0 Å². The van der Waals surface area contributed by atoms with Gasteiger partial charge in [-0.1, -0.05) is 23.2 Å². The Kier molecular flexibility index (Phi) is 5.50. The van der Waals surface area contributed by atoms with E-state index in [1.807, 2.05) is 18.2 Å². The maximum atomic E-state index is 12.4. The van der Waals surface area contributed by atoms with Gasteiger partial charge in [0, 0.05) is 29.3 Å². The highest BCUT2D eigenvalue weighted by atomic mass is 35.5. The zero-order valence-corrected chi connectivity index (χ0v) is 17.3. The Morgan fingerprint density at radius 3 is 2.59 bits per heavy atom. The summed E-state index contributed by atoms with van der Waals surface area (Å²) < 4.78 is 0. The molecule has 1 heterocycles. The summed E-state index contributed by atoms with van der Waals surface area (Å²) in [5.74, 6) is 1.04. The molecule has 0 bridgehead atoms. The molecule has 4 rings (SSSR count). The zero-order valence-electron chi connectivity index (χ0n) is 15.8. The Morgan fingerprint density at radius 1 is 1.22 bits per heavy atom. The molecule has 1 N–H and O–H groups in total. The van der Waals surface area contributed by atoms with E-state index >= 15 is 0 Å². The van der Waals surface area contributed by atoms with Crippen LogP contribution in [-0.4, -0.2) is 43.3 Å². The molecule has 3 fully saturated rings. The molecule has 2 aliphatic carbocycles. The third kappa shape index (κ3) is 4.03. The van der Waals surface area contributed by atoms with Crippen LogP contribution >= 0.6 is 23.2 Å². The van der Waals surface area contributed by atoms with E-state index in [0.29, 0.717) is 27.9 Å². The first-order chi connectivity index (χ1) is 13.0. The van der Waals surface area contributed by atoms with Crippen molar-refractivity contribution >= 4 is 35.4 Å². The van der Waals surface area contributed by atoms with Gasteiger partial charge in [0.15, 0.2) is 0 Å². The summed E-state index contributed by atoms with van der Waals surface area (Å²) in [4.78, 5) is 18.5. The van der Waals surface area contributed by atoms with E-state index in [4.69, 9.17) is 23.2 Å². The van der Waals surface area contributed by atoms with Crippen LogP contribution in [0.1, 0.15) is 44.1 Å². The highest BCUT2D eigenvalue weighted by molar-refractivity contribution is 6.34. The Hall–Kier alpha value is -1.10. The Labute approximate surface area is 171 Å². The van der Waals surface area contributed by atoms with E-state index in [0.717, 1.165) is 45.2 Å². The standard InChI is InChI=1S/C21H27Cl2N3O/c1-26(19-3-6-24-7-4-19)20(27)25-13-14-2-5-21(12-16(21)8-14)15-9-17(22)11-18(23)10-15/h9-11,13-14,16,19,24H,2-8,12H2,1H3/b25-13+/t14?,16?,21-/m0/s1. The molecule has 0 spiro atoms. The van der Waals surface area contributed by atoms with Crippen molar-refractivity contribution in [2.75, 3.05) is 20.1 Å². The van der Waals surface area contributed by atoms with Crippen molar-refractivity contribution in [2.45, 2.75) is 50.0 Å². The molecule has 2 unspecified atom stereocenters. The number of nitrogens with one attached hydrogen (secondary N) is 1. The van der Waals surface area contributed by atoms with Gasteiger partial charge in [-0.25, -0.2) is 9.79 Å². The summed E-state index contributed by atoms with van der Waals surface area (Å²) in [6.07, 6.45) is 8.39. The topological polar surface area (TPSA) is 44.7 Å². The number of fused-ring (bicyclic) bond motifs is 1. The number of hydrogen-bond acceptors (Lipinski definition) is 2. The number of carbonyl (C=O) groups excluding carboxylic acids is 1. The second-order valence-corrected chi connectivity index (χ2v) is 9.28. The number of rotatable bonds is 3. The van der Waals surface area contributed by atoms with Gasteiger partial charge in [0.05, 0.1) is 0 Å². The van der Waals surface area contributed by atoms with Gasteiger partial charge in [-0.15, -0.1) is 0 Å². The van der Waals surface area contributed by atoms with Gasteiger partial charge >= 0.3 is 6.03 Å². The summed E-state index contributed by atoms with van der Waals surface area (Å²) >= 11 is 12.4. The number of carbonyl (C=O) groups is 1. The normalized spacial score (nSPS) is 30.9. The largest absolute Gasteiger partial charge is 0.343 e. The first-order valence-electron chi connectivity index (χ1n) is 9.96. The first kappa shape index (κ1) is 19.2. The highest BCUT2D eigenvalue weighted by Gasteiger charge is 2.57. The van der Waals surface area contributed by atoms with Crippen molar-refractivity contribution < 1.29 is 4.79 Å². The van der Waals surface area contributed by atoms with Gasteiger partial charge < -0.3 is 10.2 Å². The number of aliphatic imine (C=N–C) groups is 1. The van der Waals surface area contributed by atoms with Crippen molar-refractivity contribution in [3.05, 3.63) is 33.8 Å². The van der Waals surface area contributed by atoms with Crippen LogP contribution < -0.4 is 5.32 Å². The van der Waals surface area contributed by atoms with E-state index < -0.39 is 0 Å². The van der Waals surface area contributed by atoms with Crippen LogP contribution in [0.25, 0.3) is 0 Å². The summed E-state index contributed by atoms with van der Waals surface area (Å²) in [5.41, 5.74) is 1.52. The van der Waals surface area contributed by atoms with E-state index in [1.54, 1.807) is 6.07 Å². The molecular weight excluding hydrogens is 381 g/mol. The Bertz CT molecular complexity index is 727. The van der Waals surface area contributed by atoms with Crippen molar-refractivity contribution in [2.24, 2.45) is 16.8 Å². The minimum Gasteiger partial charge on any atom is -0.323 e. The fraction of sp³-hybridized carbons (Fsp3) is 0.619. The average molecular weight is 408 g/mol. The van der Waals surface area contributed by atoms with Crippen LogP contribution in [0.5, 0.6) is 0 Å². The SMILES string of the molecule is CN(C(=O)/N=C/C1CC[C@@]2(c3cc(Cl)cc(Cl)c3)CC2C1)C1CCNCC1. The number of urea groups is 1. The van der Waals surface area contributed by atoms with Gasteiger partial charge in [-0.05, 0) is 92.6 Å². The molecule has 1 aromatic carbocycles. The number of amides is 2. The maximum Gasteiger partial charge on any atom is 0.343 e. The van der Waals surface area contributed by atoms with Crippen LogP contribution in [0.2, 0.25) is 10.0 Å². The maximum absolute atomic E-state index is 12.4. The lowest BCUT2D eigenvalue weighted by Crippen LogP contribution is -2.43. The monoisotopic (exact) mass is 407 g/mol. The fourth-order valence-corrected chi connectivity index (χ4v) is 5.53. The van der Waals surface area contributed by atoms with E-state index in [1.165, 1.54) is 12.0 Å². The first-order valence-corrected chi connectivity index (χ1v) is 10.7. The predicted octanol–water partition coefficient (Wildman–Crippen LogP) is 4.93. The molecule has 1 saturated heterocycles. The quantitative estimate of drug-likeness (QED) is 0.722. The molecule has 2 saturated carbocycles. The van der Waals surface area contributed by atoms with Crippen LogP contribution in [0.3, 0.4) is 0 Å². The molecule has 2 amide bonds. The fourth-order valence-electron chi connectivity index (χ4n) is 5.01. The molecule has 6 heteroatoms. The molecule has 0 aromatic heterocycles. The summed E-state index contributed by atoms with van der Waals surface area (Å²) in [6, 6.07) is 6.14. The van der Waals surface area contributed by atoms with Crippen molar-refractivity contribution in [1.29, 1.82) is 0 Å². The zero-order chi connectivity index (χ0) is 19.0. The molecule has 27 heavy (non-hydrogen) atoms. The molecule has 4 nitrogen and oxygen atoms in total. The van der Waals surface area contributed by atoms with Crippen molar-refractivity contribution in [3.63, 3.8) is 0 Å². The van der Waals surface area contributed by atoms with Crippen LogP contribution in [0.4, 0.5) is 4.79 Å². The van der Waals surface area contributed by atoms with Gasteiger partial charge in [0.2, 0.25) is 0 Å². The van der Waals surface area contributed by atoms with Gasteiger partial charge in [0.25, 0.3) is 0 Å². The lowest BCUT2D eigenvalue weighted by molar-refractivity contribution is 0.186.